The van der Waals surface area contributed by atoms with Crippen LogP contribution in [0.15, 0.2) is 0 Å². The average Bonchev–Trinajstić information content (AvgIpc) is 2.45. The summed E-state index contributed by atoms with van der Waals surface area (Å²) in [5.74, 6) is 0. The van der Waals surface area contributed by atoms with Crippen molar-refractivity contribution in [1.29, 1.82) is 0 Å². The van der Waals surface area contributed by atoms with Gasteiger partial charge < -0.3 is 10.1 Å². The molecule has 0 spiro atoms. The van der Waals surface area contributed by atoms with Crippen molar-refractivity contribution in [2.75, 3.05) is 19.7 Å². The lowest BCUT2D eigenvalue weighted by molar-refractivity contribution is -0.0788. The molecule has 3 heteroatoms. The average molecular weight is 284 g/mol. The summed E-state index contributed by atoms with van der Waals surface area (Å²) >= 11 is 0. The summed E-state index contributed by atoms with van der Waals surface area (Å²) in [6.45, 7) is 14.5. The van der Waals surface area contributed by atoms with Crippen molar-refractivity contribution in [2.45, 2.75) is 91.0 Å². The zero-order valence-corrected chi connectivity index (χ0v) is 14.3. The van der Waals surface area contributed by atoms with Gasteiger partial charge >= 0.3 is 0 Å². The summed E-state index contributed by atoms with van der Waals surface area (Å²) in [4.78, 5) is 2.73. The third-order valence-electron chi connectivity index (χ3n) is 4.55. The van der Waals surface area contributed by atoms with E-state index in [1.54, 1.807) is 0 Å². The second-order valence-electron chi connectivity index (χ2n) is 6.23. The smallest absolute Gasteiger partial charge is 0.0674 e. The molecule has 0 bridgehead atoms. The van der Waals surface area contributed by atoms with Gasteiger partial charge in [0.25, 0.3) is 0 Å². The predicted octanol–water partition coefficient (Wildman–Crippen LogP) is 3.43. The molecule has 120 valence electrons. The molecule has 0 aromatic carbocycles. The van der Waals surface area contributed by atoms with Gasteiger partial charge in [-0.3, -0.25) is 4.90 Å². The Morgan fingerprint density at radius 3 is 2.50 bits per heavy atom. The van der Waals surface area contributed by atoms with Gasteiger partial charge in [-0.15, -0.1) is 0 Å². The fourth-order valence-electron chi connectivity index (χ4n) is 3.45. The van der Waals surface area contributed by atoms with Crippen molar-refractivity contribution in [3.05, 3.63) is 0 Å². The minimum Gasteiger partial charge on any atom is -0.376 e. The van der Waals surface area contributed by atoms with Crippen LogP contribution >= 0.6 is 0 Å². The Labute approximate surface area is 126 Å². The maximum Gasteiger partial charge on any atom is 0.0674 e. The first-order valence-electron chi connectivity index (χ1n) is 8.78. The van der Waals surface area contributed by atoms with E-state index >= 15 is 0 Å². The first-order valence-corrected chi connectivity index (χ1v) is 8.78. The zero-order chi connectivity index (χ0) is 15.0. The van der Waals surface area contributed by atoms with Crippen molar-refractivity contribution < 1.29 is 4.74 Å². The third-order valence-corrected chi connectivity index (χ3v) is 4.55. The van der Waals surface area contributed by atoms with E-state index in [1.165, 1.54) is 32.1 Å². The molecular weight excluding hydrogens is 248 g/mol. The molecule has 0 aromatic heterocycles. The summed E-state index contributed by atoms with van der Waals surface area (Å²) in [6, 6.07) is 1.88. The highest BCUT2D eigenvalue weighted by Crippen LogP contribution is 2.23. The summed E-state index contributed by atoms with van der Waals surface area (Å²) in [5, 5.41) is 3.80. The predicted molar refractivity (Wildman–Crippen MR) is 87.3 cm³/mol. The van der Waals surface area contributed by atoms with Gasteiger partial charge in [0.05, 0.1) is 12.7 Å². The van der Waals surface area contributed by atoms with Crippen molar-refractivity contribution in [3.8, 4) is 0 Å². The van der Waals surface area contributed by atoms with Crippen LogP contribution in [0.2, 0.25) is 0 Å². The van der Waals surface area contributed by atoms with E-state index in [-0.39, 0.29) is 0 Å². The second-order valence-corrected chi connectivity index (χ2v) is 6.23. The van der Waals surface area contributed by atoms with E-state index in [2.05, 4.69) is 44.8 Å². The second kappa shape index (κ2) is 9.75. The highest BCUT2D eigenvalue weighted by Gasteiger charge is 2.33. The van der Waals surface area contributed by atoms with Crippen LogP contribution < -0.4 is 5.32 Å². The number of hydrogen-bond acceptors (Lipinski definition) is 3. The molecule has 1 heterocycles. The first kappa shape index (κ1) is 17.9. The lowest BCUT2D eigenvalue weighted by Gasteiger charge is -2.46. The molecule has 4 atom stereocenters. The summed E-state index contributed by atoms with van der Waals surface area (Å²) in [7, 11) is 0. The van der Waals surface area contributed by atoms with Gasteiger partial charge in [-0.1, -0.05) is 34.1 Å². The molecule has 1 aliphatic heterocycles. The van der Waals surface area contributed by atoms with Crippen LogP contribution in [0.3, 0.4) is 0 Å². The molecule has 0 aromatic rings. The summed E-state index contributed by atoms with van der Waals surface area (Å²) < 4.78 is 5.87. The normalized spacial score (nSPS) is 27.4. The molecule has 1 N–H and O–H groups in total. The number of nitrogens with one attached hydrogen (secondary N) is 1. The number of hydrogen-bond donors (Lipinski definition) is 1. The van der Waals surface area contributed by atoms with Crippen LogP contribution in [0.25, 0.3) is 0 Å². The van der Waals surface area contributed by atoms with Crippen LogP contribution in [-0.2, 0) is 4.74 Å². The summed E-state index contributed by atoms with van der Waals surface area (Å²) in [5.41, 5.74) is 0. The SMILES string of the molecule is CCCNC(CCC)C(CC)N1CC(C)OCC1CC. The quantitative estimate of drug-likeness (QED) is 0.702. The Hall–Kier alpha value is -0.120. The minimum absolute atomic E-state index is 0.375. The Morgan fingerprint density at radius 1 is 1.20 bits per heavy atom. The number of rotatable bonds is 9. The number of morpholine rings is 1. The van der Waals surface area contributed by atoms with Crippen LogP contribution in [0.1, 0.15) is 66.7 Å². The fourth-order valence-corrected chi connectivity index (χ4v) is 3.45. The third kappa shape index (κ3) is 5.01. The van der Waals surface area contributed by atoms with Crippen molar-refractivity contribution >= 4 is 0 Å². The van der Waals surface area contributed by atoms with E-state index in [0.29, 0.717) is 24.2 Å². The molecule has 3 nitrogen and oxygen atoms in total. The van der Waals surface area contributed by atoms with Crippen LogP contribution in [-0.4, -0.2) is 48.8 Å². The monoisotopic (exact) mass is 284 g/mol. The highest BCUT2D eigenvalue weighted by atomic mass is 16.5. The Bertz CT molecular complexity index is 247. The van der Waals surface area contributed by atoms with E-state index < -0.39 is 0 Å². The molecule has 1 rings (SSSR count). The zero-order valence-electron chi connectivity index (χ0n) is 14.3. The molecule has 0 amide bonds. The highest BCUT2D eigenvalue weighted by molar-refractivity contribution is 4.90. The standard InChI is InChI=1S/C17H36N2O/c1-6-10-16(18-11-7-2)17(9-4)19-12-14(5)20-13-15(19)8-3/h14-18H,6-13H2,1-5H3. The largest absolute Gasteiger partial charge is 0.376 e. The molecule has 1 saturated heterocycles. The molecule has 0 radical (unpaired) electrons. The number of nitrogens with zero attached hydrogens (tertiary/aromatic N) is 1. The molecule has 0 saturated carbocycles. The van der Waals surface area contributed by atoms with Gasteiger partial charge in [-0.05, 0) is 39.2 Å². The molecule has 1 fully saturated rings. The molecule has 1 aliphatic rings. The maximum atomic E-state index is 5.87. The molecule has 0 aliphatic carbocycles. The molecule has 4 unspecified atom stereocenters. The van der Waals surface area contributed by atoms with Gasteiger partial charge in [-0.25, -0.2) is 0 Å². The Kier molecular flexibility index (Phi) is 8.74. The summed E-state index contributed by atoms with van der Waals surface area (Å²) in [6.07, 6.45) is 6.54. The van der Waals surface area contributed by atoms with Crippen molar-refractivity contribution in [2.24, 2.45) is 0 Å². The minimum atomic E-state index is 0.375. The van der Waals surface area contributed by atoms with Gasteiger partial charge in [0.15, 0.2) is 0 Å². The fraction of sp³-hybridized carbons (Fsp3) is 1.00. The van der Waals surface area contributed by atoms with Crippen LogP contribution in [0.4, 0.5) is 0 Å². The van der Waals surface area contributed by atoms with Gasteiger partial charge in [-0.2, -0.15) is 0 Å². The Balaban J connectivity index is 2.76. The van der Waals surface area contributed by atoms with E-state index in [4.69, 9.17) is 4.74 Å². The lowest BCUT2D eigenvalue weighted by Crippen LogP contribution is -2.59. The van der Waals surface area contributed by atoms with Crippen LogP contribution in [0.5, 0.6) is 0 Å². The molecule has 20 heavy (non-hydrogen) atoms. The van der Waals surface area contributed by atoms with Crippen molar-refractivity contribution in [1.82, 2.24) is 10.2 Å². The van der Waals surface area contributed by atoms with Gasteiger partial charge in [0, 0.05) is 24.7 Å². The number of ether oxygens (including phenoxy) is 1. The van der Waals surface area contributed by atoms with Gasteiger partial charge in [0.1, 0.15) is 0 Å². The van der Waals surface area contributed by atoms with Crippen molar-refractivity contribution in [3.63, 3.8) is 0 Å². The van der Waals surface area contributed by atoms with Crippen LogP contribution in [0, 0.1) is 0 Å². The van der Waals surface area contributed by atoms with Gasteiger partial charge in [0.2, 0.25) is 0 Å². The lowest BCUT2D eigenvalue weighted by atomic mass is 9.95. The van der Waals surface area contributed by atoms with E-state index in [1.807, 2.05) is 0 Å². The maximum absolute atomic E-state index is 5.87. The first-order chi connectivity index (χ1) is 9.67. The van der Waals surface area contributed by atoms with E-state index in [0.717, 1.165) is 19.7 Å². The Morgan fingerprint density at radius 2 is 1.95 bits per heavy atom. The molecular formula is C17H36N2O. The topological polar surface area (TPSA) is 24.5 Å². The van der Waals surface area contributed by atoms with E-state index in [9.17, 15) is 0 Å².